The maximum atomic E-state index is 6.00. The molecule has 3 nitrogen and oxygen atoms in total. The van der Waals surface area contributed by atoms with Crippen molar-refractivity contribution in [3.63, 3.8) is 0 Å². The van der Waals surface area contributed by atoms with Crippen LogP contribution >= 0.6 is 0 Å². The third-order valence-corrected chi connectivity index (χ3v) is 9.43. The summed E-state index contributed by atoms with van der Waals surface area (Å²) < 4.78 is 11.6. The van der Waals surface area contributed by atoms with Gasteiger partial charge in [-0.15, -0.1) is 12.1 Å². The molecule has 0 spiro atoms. The molecule has 0 radical (unpaired) electrons. The molecule has 1 aliphatic rings. The van der Waals surface area contributed by atoms with Crippen molar-refractivity contribution in [3.05, 3.63) is 17.9 Å². The first-order valence-electron chi connectivity index (χ1n) is 6.78. The minimum atomic E-state index is -1.66. The molecule has 1 aromatic heterocycles. The summed E-state index contributed by atoms with van der Waals surface area (Å²) in [5, 5.41) is 1.30. The van der Waals surface area contributed by atoms with E-state index in [4.69, 9.17) is 9.15 Å². The molecule has 0 saturated carbocycles. The molecule has 2 heterocycles. The zero-order chi connectivity index (χ0) is 14.5. The molecule has 0 amide bonds. The average Bonchev–Trinajstić information content (AvgIpc) is 2.82. The second-order valence-corrected chi connectivity index (χ2v) is 12.7. The Labute approximate surface area is 135 Å². The standard InChI is InChI=1S/C15H24NO2Si.Li/c1-14(2,3)19(6,7)12-9-8-11(18-12)13-16-15(4,5)10-17-13;/h9H,10H2,1-7H3;/q-1;+1. The molecule has 20 heavy (non-hydrogen) atoms. The quantitative estimate of drug-likeness (QED) is 0.581. The fourth-order valence-electron chi connectivity index (χ4n) is 1.78. The van der Waals surface area contributed by atoms with E-state index in [1.165, 1.54) is 0 Å². The molecule has 106 valence electrons. The summed E-state index contributed by atoms with van der Waals surface area (Å²) in [4.78, 5) is 4.53. The second-order valence-electron chi connectivity index (χ2n) is 7.48. The van der Waals surface area contributed by atoms with Crippen LogP contribution in [-0.4, -0.2) is 26.1 Å². The van der Waals surface area contributed by atoms with Crippen molar-refractivity contribution >= 4 is 19.4 Å². The van der Waals surface area contributed by atoms with Gasteiger partial charge in [0.25, 0.3) is 0 Å². The van der Waals surface area contributed by atoms with Crippen molar-refractivity contribution in [1.82, 2.24) is 0 Å². The molecule has 0 aromatic carbocycles. The number of ether oxygens (including phenoxy) is 1. The van der Waals surface area contributed by atoms with E-state index >= 15 is 0 Å². The Kier molecular flexibility index (Phi) is 4.76. The van der Waals surface area contributed by atoms with Gasteiger partial charge in [-0.2, -0.15) is 0 Å². The van der Waals surface area contributed by atoms with E-state index in [1.54, 1.807) is 0 Å². The molecule has 1 aliphatic heterocycles. The smallest absolute Gasteiger partial charge is 0.542 e. The summed E-state index contributed by atoms with van der Waals surface area (Å²) in [6.45, 7) is 16.2. The van der Waals surface area contributed by atoms with Crippen molar-refractivity contribution in [2.45, 2.75) is 58.3 Å². The number of aliphatic imine (C=N–C) groups is 1. The summed E-state index contributed by atoms with van der Waals surface area (Å²) in [5.74, 6) is 1.24. The molecule has 5 heteroatoms. The van der Waals surface area contributed by atoms with Crippen LogP contribution in [0.25, 0.3) is 0 Å². The van der Waals surface area contributed by atoms with Gasteiger partial charge in [-0.25, -0.2) is 0 Å². The van der Waals surface area contributed by atoms with Gasteiger partial charge < -0.3 is 14.1 Å². The number of hydrogen-bond acceptors (Lipinski definition) is 3. The maximum Gasteiger partial charge on any atom is 1.00 e. The van der Waals surface area contributed by atoms with Crippen LogP contribution in [0.4, 0.5) is 0 Å². The van der Waals surface area contributed by atoms with Crippen molar-refractivity contribution in [2.24, 2.45) is 4.99 Å². The average molecular weight is 285 g/mol. The molecule has 0 unspecified atom stereocenters. The number of nitrogens with zero attached hydrogens (tertiary/aromatic N) is 1. The van der Waals surface area contributed by atoms with Crippen molar-refractivity contribution in [1.29, 1.82) is 0 Å². The first-order valence-corrected chi connectivity index (χ1v) is 9.78. The molecule has 0 N–H and O–H groups in total. The number of hydrogen-bond donors (Lipinski definition) is 0. The Morgan fingerprint density at radius 3 is 2.35 bits per heavy atom. The second kappa shape index (κ2) is 5.40. The third kappa shape index (κ3) is 3.24. The molecule has 0 fully saturated rings. The van der Waals surface area contributed by atoms with Crippen LogP contribution in [0.15, 0.2) is 15.5 Å². The molecule has 0 atom stereocenters. The van der Waals surface area contributed by atoms with Crippen LogP contribution in [0.2, 0.25) is 18.1 Å². The van der Waals surface area contributed by atoms with Gasteiger partial charge in [0.15, 0.2) is 0 Å². The summed E-state index contributed by atoms with van der Waals surface area (Å²) in [7, 11) is -1.66. The topological polar surface area (TPSA) is 34.7 Å². The van der Waals surface area contributed by atoms with Gasteiger partial charge in [-0.05, 0) is 24.3 Å². The third-order valence-electron chi connectivity index (χ3n) is 4.20. The van der Waals surface area contributed by atoms with Crippen LogP contribution in [0.5, 0.6) is 0 Å². The van der Waals surface area contributed by atoms with Crippen LogP contribution < -0.4 is 24.2 Å². The van der Waals surface area contributed by atoms with E-state index in [1.807, 2.05) is 6.07 Å². The van der Waals surface area contributed by atoms with Gasteiger partial charge in [0, 0.05) is 0 Å². The molecule has 0 aliphatic carbocycles. The normalized spacial score (nSPS) is 18.2. The van der Waals surface area contributed by atoms with E-state index in [-0.39, 0.29) is 29.4 Å². The Bertz CT molecular complexity index is 512. The van der Waals surface area contributed by atoms with Gasteiger partial charge in [-0.1, -0.05) is 33.9 Å². The van der Waals surface area contributed by atoms with Crippen molar-refractivity contribution in [2.75, 3.05) is 6.61 Å². The first kappa shape index (κ1) is 17.6. The van der Waals surface area contributed by atoms with E-state index in [0.29, 0.717) is 18.3 Å². The summed E-state index contributed by atoms with van der Waals surface area (Å²) in [6, 6.07) is 5.15. The minimum Gasteiger partial charge on any atom is -0.542 e. The predicted molar refractivity (Wildman–Crippen MR) is 80.9 cm³/mol. The van der Waals surface area contributed by atoms with Gasteiger partial charge in [0.1, 0.15) is 5.90 Å². The molecule has 0 saturated heterocycles. The fourth-order valence-corrected chi connectivity index (χ4v) is 3.31. The Morgan fingerprint density at radius 2 is 1.90 bits per heavy atom. The van der Waals surface area contributed by atoms with Gasteiger partial charge >= 0.3 is 18.9 Å². The Balaban J connectivity index is 0.00000200. The van der Waals surface area contributed by atoms with E-state index in [9.17, 15) is 0 Å². The van der Waals surface area contributed by atoms with Gasteiger partial charge in [0.05, 0.1) is 26.0 Å². The predicted octanol–water partition coefficient (Wildman–Crippen LogP) is 0.355. The summed E-state index contributed by atoms with van der Waals surface area (Å²) >= 11 is 0. The Morgan fingerprint density at radius 1 is 1.30 bits per heavy atom. The fraction of sp³-hybridized carbons (Fsp3) is 0.667. The molecule has 0 bridgehead atoms. The van der Waals surface area contributed by atoms with E-state index in [2.05, 4.69) is 58.8 Å². The van der Waals surface area contributed by atoms with Crippen molar-refractivity contribution < 1.29 is 28.0 Å². The Hall–Kier alpha value is -0.436. The van der Waals surface area contributed by atoms with Crippen LogP contribution in [-0.2, 0) is 4.74 Å². The van der Waals surface area contributed by atoms with Gasteiger partial charge in [0.2, 0.25) is 0 Å². The van der Waals surface area contributed by atoms with E-state index in [0.717, 1.165) is 5.38 Å². The largest absolute Gasteiger partial charge is 1.00 e. The first-order chi connectivity index (χ1) is 8.53. The zero-order valence-corrected chi connectivity index (χ0v) is 15.0. The molecular formula is C15H24LiNO2Si. The van der Waals surface area contributed by atoms with Crippen molar-refractivity contribution in [3.8, 4) is 0 Å². The minimum absolute atomic E-state index is 0. The molecule has 1 aromatic rings. The monoisotopic (exact) mass is 285 g/mol. The molecule has 2 rings (SSSR count). The van der Waals surface area contributed by atoms with Crippen LogP contribution in [0.3, 0.4) is 0 Å². The number of rotatable bonds is 2. The number of furan rings is 1. The van der Waals surface area contributed by atoms with E-state index < -0.39 is 8.07 Å². The SMILES string of the molecule is CC1(C)COC(c2[c-]cc([Si](C)(C)C(C)(C)C)o2)=N1.[Li+]. The summed E-state index contributed by atoms with van der Waals surface area (Å²) in [5.41, 5.74) is -0.160. The van der Waals surface area contributed by atoms with Gasteiger partial charge in [-0.3, -0.25) is 0 Å². The maximum absolute atomic E-state index is 6.00. The van der Waals surface area contributed by atoms with Crippen LogP contribution in [0.1, 0.15) is 40.4 Å². The zero-order valence-electron chi connectivity index (χ0n) is 14.0. The van der Waals surface area contributed by atoms with Crippen LogP contribution in [0, 0.1) is 6.07 Å². The molecular weight excluding hydrogens is 261 g/mol. The summed E-state index contributed by atoms with van der Waals surface area (Å²) in [6.07, 6.45) is 0.